The Balaban J connectivity index is 2.49. The molecule has 0 spiro atoms. The fraction of sp³-hybridized carbons (Fsp3) is 0.700. The first-order chi connectivity index (χ1) is 6.09. The molecule has 1 heterocycles. The van der Waals surface area contributed by atoms with Crippen LogP contribution < -0.4 is 0 Å². The number of hydrogen-bond acceptors (Lipinski definition) is 2. The molecule has 0 radical (unpaired) electrons. The van der Waals surface area contributed by atoms with Crippen molar-refractivity contribution in [2.75, 3.05) is 0 Å². The Morgan fingerprint density at radius 3 is 2.62 bits per heavy atom. The maximum absolute atomic E-state index is 9.10. The zero-order valence-electron chi connectivity index (χ0n) is 8.57. The molecular formula is C10H18N2O. The standard InChI is InChI=1S/C10H18N2O/c1-8(2)12-7-10(6-11-12)5-4-9(3)13/h6-9,13H,4-5H2,1-3H3/t9-/m0/s1. The molecule has 74 valence electrons. The van der Waals surface area contributed by atoms with E-state index >= 15 is 0 Å². The number of rotatable bonds is 4. The fourth-order valence-electron chi connectivity index (χ4n) is 1.16. The summed E-state index contributed by atoms with van der Waals surface area (Å²) in [4.78, 5) is 0. The van der Waals surface area contributed by atoms with Crippen LogP contribution in [0.5, 0.6) is 0 Å². The second-order valence-corrected chi connectivity index (χ2v) is 3.81. The Morgan fingerprint density at radius 1 is 1.46 bits per heavy atom. The van der Waals surface area contributed by atoms with Gasteiger partial charge in [-0.3, -0.25) is 4.68 Å². The predicted octanol–water partition coefficient (Wildman–Crippen LogP) is 1.78. The first-order valence-corrected chi connectivity index (χ1v) is 4.80. The van der Waals surface area contributed by atoms with Gasteiger partial charge in [-0.25, -0.2) is 0 Å². The molecule has 0 amide bonds. The van der Waals surface area contributed by atoms with Gasteiger partial charge in [0.25, 0.3) is 0 Å². The van der Waals surface area contributed by atoms with E-state index in [1.54, 1.807) is 0 Å². The van der Waals surface area contributed by atoms with Gasteiger partial charge in [0, 0.05) is 12.2 Å². The van der Waals surface area contributed by atoms with Gasteiger partial charge in [-0.1, -0.05) is 0 Å². The van der Waals surface area contributed by atoms with Gasteiger partial charge in [-0.15, -0.1) is 0 Å². The van der Waals surface area contributed by atoms with Crippen LogP contribution in [0.25, 0.3) is 0 Å². The zero-order chi connectivity index (χ0) is 9.84. The molecule has 3 nitrogen and oxygen atoms in total. The lowest BCUT2D eigenvalue weighted by molar-refractivity contribution is 0.185. The second-order valence-electron chi connectivity index (χ2n) is 3.81. The van der Waals surface area contributed by atoms with Crippen molar-refractivity contribution in [2.45, 2.75) is 45.8 Å². The van der Waals surface area contributed by atoms with Crippen LogP contribution in [0.3, 0.4) is 0 Å². The molecule has 1 aromatic rings. The van der Waals surface area contributed by atoms with Crippen LogP contribution in [0.1, 0.15) is 38.8 Å². The van der Waals surface area contributed by atoms with Gasteiger partial charge in [0.2, 0.25) is 0 Å². The van der Waals surface area contributed by atoms with Crippen LogP contribution in [-0.4, -0.2) is 21.0 Å². The van der Waals surface area contributed by atoms with Gasteiger partial charge < -0.3 is 5.11 Å². The van der Waals surface area contributed by atoms with Crippen LogP contribution in [0.4, 0.5) is 0 Å². The predicted molar refractivity (Wildman–Crippen MR) is 52.6 cm³/mol. The van der Waals surface area contributed by atoms with Crippen LogP contribution in [-0.2, 0) is 6.42 Å². The molecule has 1 atom stereocenters. The minimum absolute atomic E-state index is 0.220. The largest absolute Gasteiger partial charge is 0.393 e. The molecule has 0 saturated carbocycles. The summed E-state index contributed by atoms with van der Waals surface area (Å²) in [5.41, 5.74) is 1.20. The van der Waals surface area contributed by atoms with E-state index in [-0.39, 0.29) is 6.10 Å². The average molecular weight is 182 g/mol. The van der Waals surface area contributed by atoms with E-state index in [0.717, 1.165) is 12.8 Å². The highest BCUT2D eigenvalue weighted by molar-refractivity contribution is 5.04. The summed E-state index contributed by atoms with van der Waals surface area (Å²) in [6.07, 6.45) is 5.42. The monoisotopic (exact) mass is 182 g/mol. The molecule has 0 aliphatic carbocycles. The molecule has 0 unspecified atom stereocenters. The molecule has 0 saturated heterocycles. The topological polar surface area (TPSA) is 38.0 Å². The van der Waals surface area contributed by atoms with Crippen LogP contribution in [0.2, 0.25) is 0 Å². The zero-order valence-corrected chi connectivity index (χ0v) is 8.57. The van der Waals surface area contributed by atoms with E-state index < -0.39 is 0 Å². The van der Waals surface area contributed by atoms with Crippen molar-refractivity contribution in [3.63, 3.8) is 0 Å². The summed E-state index contributed by atoms with van der Waals surface area (Å²) in [6.45, 7) is 6.02. The Kier molecular flexibility index (Phi) is 3.48. The number of aromatic nitrogens is 2. The van der Waals surface area contributed by atoms with Crippen LogP contribution in [0, 0.1) is 0 Å². The lowest BCUT2D eigenvalue weighted by Crippen LogP contribution is -2.01. The third-order valence-electron chi connectivity index (χ3n) is 2.03. The lowest BCUT2D eigenvalue weighted by Gasteiger charge is -2.03. The summed E-state index contributed by atoms with van der Waals surface area (Å²) >= 11 is 0. The van der Waals surface area contributed by atoms with Crippen molar-refractivity contribution in [3.8, 4) is 0 Å². The fourth-order valence-corrected chi connectivity index (χ4v) is 1.16. The number of nitrogens with zero attached hydrogens (tertiary/aromatic N) is 2. The molecular weight excluding hydrogens is 164 g/mol. The smallest absolute Gasteiger partial charge is 0.0521 e. The molecule has 0 bridgehead atoms. The summed E-state index contributed by atoms with van der Waals surface area (Å²) in [5.74, 6) is 0. The van der Waals surface area contributed by atoms with Gasteiger partial charge in [-0.05, 0) is 39.2 Å². The van der Waals surface area contributed by atoms with E-state index in [1.165, 1.54) is 5.56 Å². The second kappa shape index (κ2) is 4.42. The maximum atomic E-state index is 9.10. The highest BCUT2D eigenvalue weighted by atomic mass is 16.3. The van der Waals surface area contributed by atoms with E-state index in [4.69, 9.17) is 5.11 Å². The van der Waals surface area contributed by atoms with Crippen LogP contribution in [0.15, 0.2) is 12.4 Å². The Bertz CT molecular complexity index is 253. The quantitative estimate of drug-likeness (QED) is 0.770. The summed E-state index contributed by atoms with van der Waals surface area (Å²) in [6, 6.07) is 0.417. The van der Waals surface area contributed by atoms with Gasteiger partial charge in [0.05, 0.1) is 12.3 Å². The minimum Gasteiger partial charge on any atom is -0.393 e. The molecule has 0 fully saturated rings. The van der Waals surface area contributed by atoms with Gasteiger partial charge >= 0.3 is 0 Å². The van der Waals surface area contributed by atoms with E-state index in [0.29, 0.717) is 6.04 Å². The van der Waals surface area contributed by atoms with E-state index in [1.807, 2.05) is 24.0 Å². The summed E-state index contributed by atoms with van der Waals surface area (Å²) < 4.78 is 1.94. The van der Waals surface area contributed by atoms with Crippen LogP contribution >= 0.6 is 0 Å². The van der Waals surface area contributed by atoms with Crippen molar-refractivity contribution >= 4 is 0 Å². The lowest BCUT2D eigenvalue weighted by atomic mass is 10.1. The average Bonchev–Trinajstić information content (AvgIpc) is 2.48. The molecule has 1 rings (SSSR count). The number of hydrogen-bond donors (Lipinski definition) is 1. The summed E-state index contributed by atoms with van der Waals surface area (Å²) in [5, 5.41) is 13.3. The van der Waals surface area contributed by atoms with Gasteiger partial charge in [0.1, 0.15) is 0 Å². The third kappa shape index (κ3) is 3.19. The number of aliphatic hydroxyl groups is 1. The molecule has 0 aliphatic heterocycles. The Hall–Kier alpha value is -0.830. The van der Waals surface area contributed by atoms with Crippen molar-refractivity contribution in [1.82, 2.24) is 9.78 Å². The Labute approximate surface area is 79.4 Å². The number of aryl methyl sites for hydroxylation is 1. The van der Waals surface area contributed by atoms with Crippen molar-refractivity contribution < 1.29 is 5.11 Å². The third-order valence-corrected chi connectivity index (χ3v) is 2.03. The van der Waals surface area contributed by atoms with Gasteiger partial charge in [-0.2, -0.15) is 5.10 Å². The highest BCUT2D eigenvalue weighted by Gasteiger charge is 2.02. The first-order valence-electron chi connectivity index (χ1n) is 4.80. The Morgan fingerprint density at radius 2 is 2.15 bits per heavy atom. The number of aliphatic hydroxyl groups excluding tert-OH is 1. The molecule has 0 aliphatic rings. The normalized spacial score (nSPS) is 13.6. The molecule has 13 heavy (non-hydrogen) atoms. The molecule has 1 aromatic heterocycles. The van der Waals surface area contributed by atoms with Crippen molar-refractivity contribution in [2.24, 2.45) is 0 Å². The molecule has 1 N–H and O–H groups in total. The SMILES string of the molecule is CC(C)n1cc(CC[C@H](C)O)cn1. The van der Waals surface area contributed by atoms with E-state index in [9.17, 15) is 0 Å². The van der Waals surface area contributed by atoms with Crippen molar-refractivity contribution in [1.29, 1.82) is 0 Å². The van der Waals surface area contributed by atoms with Crippen molar-refractivity contribution in [3.05, 3.63) is 18.0 Å². The highest BCUT2D eigenvalue weighted by Crippen LogP contribution is 2.08. The van der Waals surface area contributed by atoms with E-state index in [2.05, 4.69) is 18.9 Å². The first kappa shape index (κ1) is 10.3. The maximum Gasteiger partial charge on any atom is 0.0521 e. The summed E-state index contributed by atoms with van der Waals surface area (Å²) in [7, 11) is 0. The minimum atomic E-state index is -0.220. The molecule has 3 heteroatoms. The molecule has 0 aromatic carbocycles. The van der Waals surface area contributed by atoms with Gasteiger partial charge in [0.15, 0.2) is 0 Å².